The summed E-state index contributed by atoms with van der Waals surface area (Å²) >= 11 is 0. The molecule has 0 aromatic carbocycles. The Morgan fingerprint density at radius 1 is 0.446 bits per heavy atom. The van der Waals surface area contributed by atoms with E-state index in [-0.39, 0.29) is 12.6 Å². The molecule has 0 aliphatic heterocycles. The lowest BCUT2D eigenvalue weighted by atomic mass is 10.0. The molecule has 0 saturated carbocycles. The lowest BCUT2D eigenvalue weighted by Crippen LogP contribution is -2.27. The first kappa shape index (κ1) is 54.3. The number of unbranched alkanes of at least 4 members (excludes halogenated alkanes) is 30. The van der Waals surface area contributed by atoms with Crippen LogP contribution in [0.5, 0.6) is 0 Å². The van der Waals surface area contributed by atoms with Crippen LogP contribution in [0.25, 0.3) is 0 Å². The maximum atomic E-state index is 12.2. The fourth-order valence-corrected chi connectivity index (χ4v) is 7.26. The highest BCUT2D eigenvalue weighted by Crippen LogP contribution is 2.16. The van der Waals surface area contributed by atoms with Crippen LogP contribution in [-0.4, -0.2) is 37.0 Å². The van der Waals surface area contributed by atoms with Crippen LogP contribution in [0.1, 0.15) is 251 Å². The number of carbonyl (C=O) groups excluding carboxylic acids is 1. The Hall–Kier alpha value is -1.65. The molecule has 0 fully saturated rings. The molecule has 1 atom stereocenters. The zero-order chi connectivity index (χ0) is 40.5. The number of esters is 1. The van der Waals surface area contributed by atoms with Gasteiger partial charge in [-0.05, 0) is 51.4 Å². The first-order valence-electron chi connectivity index (χ1n) is 24.7. The van der Waals surface area contributed by atoms with E-state index in [1.807, 2.05) is 0 Å². The Kier molecular flexibility index (Phi) is 48.0. The quantitative estimate of drug-likeness (QED) is 0.0379. The van der Waals surface area contributed by atoms with Crippen LogP contribution in [0, 0.1) is 0 Å². The Morgan fingerprint density at radius 3 is 1.21 bits per heavy atom. The van der Waals surface area contributed by atoms with E-state index in [4.69, 9.17) is 9.47 Å². The zero-order valence-corrected chi connectivity index (χ0v) is 37.7. The third-order valence-corrected chi connectivity index (χ3v) is 10.9. The van der Waals surface area contributed by atoms with Gasteiger partial charge in [0.15, 0.2) is 0 Å². The molecule has 4 heteroatoms. The van der Waals surface area contributed by atoms with Gasteiger partial charge in [0.05, 0.1) is 13.2 Å². The summed E-state index contributed by atoms with van der Waals surface area (Å²) in [6.07, 6.45) is 64.8. The lowest BCUT2D eigenvalue weighted by molar-refractivity contribution is -0.154. The van der Waals surface area contributed by atoms with Gasteiger partial charge in [-0.2, -0.15) is 0 Å². The summed E-state index contributed by atoms with van der Waals surface area (Å²) in [7, 11) is 0. The summed E-state index contributed by atoms with van der Waals surface area (Å²) < 4.78 is 11.2. The number of aliphatic hydroxyl groups excluding tert-OH is 1. The summed E-state index contributed by atoms with van der Waals surface area (Å²) in [6.45, 7) is 5.27. The maximum absolute atomic E-state index is 12.2. The van der Waals surface area contributed by atoms with Crippen molar-refractivity contribution in [1.82, 2.24) is 0 Å². The molecule has 0 heterocycles. The predicted octanol–water partition coefficient (Wildman–Crippen LogP) is 16.6. The molecular formula is C52H96O4. The summed E-state index contributed by atoms with van der Waals surface area (Å²) in [4.78, 5) is 12.2. The van der Waals surface area contributed by atoms with Gasteiger partial charge in [0.1, 0.15) is 6.10 Å². The highest BCUT2D eigenvalue weighted by Gasteiger charge is 2.13. The molecule has 1 unspecified atom stereocenters. The molecule has 328 valence electrons. The van der Waals surface area contributed by atoms with Gasteiger partial charge in [-0.15, -0.1) is 0 Å². The van der Waals surface area contributed by atoms with Gasteiger partial charge >= 0.3 is 5.97 Å². The standard InChI is InChI=1S/C52H96O4/c1-3-5-7-9-11-13-15-17-19-21-23-24-25-26-27-28-29-30-32-34-36-38-40-42-44-46-48-55-50-51(49-53)56-52(54)47-45-43-41-39-37-35-33-31-22-20-18-16-14-12-10-8-6-4-2/h5,7,11,13,17,19,23-24,51,53H,3-4,6,8-10,12,14-16,18,20-22,25-50H2,1-2H3/b7-5-,13-11-,19-17-,24-23-. The third kappa shape index (κ3) is 46.7. The molecule has 0 aliphatic carbocycles. The zero-order valence-electron chi connectivity index (χ0n) is 37.7. The predicted molar refractivity (Wildman–Crippen MR) is 247 cm³/mol. The molecule has 1 N–H and O–H groups in total. The van der Waals surface area contributed by atoms with Crippen molar-refractivity contribution >= 4 is 5.97 Å². The van der Waals surface area contributed by atoms with Gasteiger partial charge in [0.2, 0.25) is 0 Å². The van der Waals surface area contributed by atoms with Crippen LogP contribution in [0.2, 0.25) is 0 Å². The molecular weight excluding hydrogens is 689 g/mol. The van der Waals surface area contributed by atoms with E-state index in [2.05, 4.69) is 62.5 Å². The molecule has 0 aromatic heterocycles. The van der Waals surface area contributed by atoms with E-state index >= 15 is 0 Å². The summed E-state index contributed by atoms with van der Waals surface area (Å²) in [5.74, 6) is -0.197. The SMILES string of the molecule is CC/C=C\C/C=C\C/C=C\C/C=C\CCCCCCCCCCCCCCCOCC(CO)OC(=O)CCCCCCCCCCCCCCCCCCCC. The second-order valence-electron chi connectivity index (χ2n) is 16.5. The second kappa shape index (κ2) is 49.5. The van der Waals surface area contributed by atoms with Crippen LogP contribution in [-0.2, 0) is 14.3 Å². The van der Waals surface area contributed by atoms with Crippen molar-refractivity contribution in [3.63, 3.8) is 0 Å². The normalized spacial score (nSPS) is 12.7. The minimum Gasteiger partial charge on any atom is -0.457 e. The monoisotopic (exact) mass is 785 g/mol. The fourth-order valence-electron chi connectivity index (χ4n) is 7.26. The van der Waals surface area contributed by atoms with Crippen LogP contribution in [0.15, 0.2) is 48.6 Å². The first-order chi connectivity index (χ1) is 27.7. The molecule has 0 aromatic rings. The highest BCUT2D eigenvalue weighted by atomic mass is 16.6. The van der Waals surface area contributed by atoms with Gasteiger partial charge in [0.25, 0.3) is 0 Å². The van der Waals surface area contributed by atoms with E-state index < -0.39 is 6.10 Å². The van der Waals surface area contributed by atoms with Gasteiger partial charge < -0.3 is 14.6 Å². The van der Waals surface area contributed by atoms with Gasteiger partial charge in [-0.3, -0.25) is 4.79 Å². The smallest absolute Gasteiger partial charge is 0.306 e. The fraction of sp³-hybridized carbons (Fsp3) is 0.827. The summed E-state index contributed by atoms with van der Waals surface area (Å²) in [5, 5.41) is 9.64. The van der Waals surface area contributed by atoms with Crippen molar-refractivity contribution in [2.75, 3.05) is 19.8 Å². The van der Waals surface area contributed by atoms with Crippen molar-refractivity contribution in [3.8, 4) is 0 Å². The molecule has 0 spiro atoms. The van der Waals surface area contributed by atoms with E-state index in [1.165, 1.54) is 186 Å². The number of rotatable bonds is 46. The minimum atomic E-state index is -0.533. The first-order valence-corrected chi connectivity index (χ1v) is 24.7. The molecule has 0 amide bonds. The molecule has 56 heavy (non-hydrogen) atoms. The van der Waals surface area contributed by atoms with Crippen molar-refractivity contribution in [1.29, 1.82) is 0 Å². The Bertz CT molecular complexity index is 874. The van der Waals surface area contributed by atoms with Crippen LogP contribution in [0.4, 0.5) is 0 Å². The molecule has 0 radical (unpaired) electrons. The van der Waals surface area contributed by atoms with E-state index in [0.717, 1.165) is 44.9 Å². The van der Waals surface area contributed by atoms with E-state index in [9.17, 15) is 9.90 Å². The van der Waals surface area contributed by atoms with Crippen LogP contribution in [0.3, 0.4) is 0 Å². The van der Waals surface area contributed by atoms with Gasteiger partial charge in [-0.1, -0.05) is 242 Å². The highest BCUT2D eigenvalue weighted by molar-refractivity contribution is 5.69. The Balaban J connectivity index is 3.38. The number of hydrogen-bond donors (Lipinski definition) is 1. The molecule has 0 saturated heterocycles. The third-order valence-electron chi connectivity index (χ3n) is 10.9. The molecule has 0 aliphatic rings. The van der Waals surface area contributed by atoms with Gasteiger partial charge in [0, 0.05) is 13.0 Å². The summed E-state index contributed by atoms with van der Waals surface area (Å²) in [5.41, 5.74) is 0. The molecule has 4 nitrogen and oxygen atoms in total. The van der Waals surface area contributed by atoms with Crippen molar-refractivity contribution in [2.24, 2.45) is 0 Å². The van der Waals surface area contributed by atoms with Crippen molar-refractivity contribution < 1.29 is 19.4 Å². The number of allylic oxidation sites excluding steroid dienone is 8. The van der Waals surface area contributed by atoms with E-state index in [1.54, 1.807) is 0 Å². The molecule has 0 bridgehead atoms. The lowest BCUT2D eigenvalue weighted by Gasteiger charge is -2.16. The summed E-state index contributed by atoms with van der Waals surface area (Å²) in [6, 6.07) is 0. The molecule has 0 rings (SSSR count). The van der Waals surface area contributed by atoms with Crippen LogP contribution < -0.4 is 0 Å². The second-order valence-corrected chi connectivity index (χ2v) is 16.5. The average Bonchev–Trinajstić information content (AvgIpc) is 3.20. The van der Waals surface area contributed by atoms with Gasteiger partial charge in [-0.25, -0.2) is 0 Å². The van der Waals surface area contributed by atoms with Crippen molar-refractivity contribution in [3.05, 3.63) is 48.6 Å². The average molecular weight is 785 g/mol. The van der Waals surface area contributed by atoms with Crippen molar-refractivity contribution in [2.45, 2.75) is 258 Å². The number of aliphatic hydroxyl groups is 1. The van der Waals surface area contributed by atoms with Crippen LogP contribution >= 0.6 is 0 Å². The van der Waals surface area contributed by atoms with E-state index in [0.29, 0.717) is 19.6 Å². The Labute approximate surface area is 350 Å². The number of ether oxygens (including phenoxy) is 2. The largest absolute Gasteiger partial charge is 0.457 e. The maximum Gasteiger partial charge on any atom is 0.306 e. The Morgan fingerprint density at radius 2 is 0.804 bits per heavy atom. The minimum absolute atomic E-state index is 0.169. The number of hydrogen-bond acceptors (Lipinski definition) is 4. The topological polar surface area (TPSA) is 55.8 Å². The number of carbonyl (C=O) groups is 1.